The molecule has 0 bridgehead atoms. The molecule has 7 heteroatoms. The molecule has 1 fully saturated rings. The number of hydrogen-bond acceptors (Lipinski definition) is 5. The van der Waals surface area contributed by atoms with E-state index in [0.29, 0.717) is 23.3 Å². The second kappa shape index (κ2) is 10.3. The molecule has 2 rings (SSSR count). The number of benzene rings is 1. The van der Waals surface area contributed by atoms with Crippen LogP contribution in [0.15, 0.2) is 12.1 Å². The normalized spacial score (nSPS) is 16.2. The minimum absolute atomic E-state index is 0. The molecule has 0 amide bonds. The minimum atomic E-state index is 0. The van der Waals surface area contributed by atoms with Gasteiger partial charge in [-0.1, -0.05) is 20.8 Å². The zero-order valence-electron chi connectivity index (χ0n) is 16.0. The van der Waals surface area contributed by atoms with Crippen LogP contribution in [0, 0.1) is 5.41 Å². The highest BCUT2D eigenvalue weighted by Crippen LogP contribution is 2.45. The summed E-state index contributed by atoms with van der Waals surface area (Å²) >= 11 is 0. The SMILES string of the molecule is COc1cc([C@H](N2CCNCC2)C(C)(C)C)cc(OC)c1OC.Cl.Cl. The van der Waals surface area contributed by atoms with E-state index in [4.69, 9.17) is 14.2 Å². The summed E-state index contributed by atoms with van der Waals surface area (Å²) in [6.45, 7) is 11.0. The summed E-state index contributed by atoms with van der Waals surface area (Å²) in [5.41, 5.74) is 1.30. The molecule has 0 radical (unpaired) electrons. The summed E-state index contributed by atoms with van der Waals surface area (Å²) in [5.74, 6) is 2.07. The van der Waals surface area contributed by atoms with E-state index in [1.54, 1.807) is 21.3 Å². The maximum atomic E-state index is 5.53. The number of piperazine rings is 1. The molecule has 0 unspecified atom stereocenters. The first-order chi connectivity index (χ1) is 10.9. The van der Waals surface area contributed by atoms with Crippen molar-refractivity contribution in [1.29, 1.82) is 0 Å². The Bertz CT molecular complexity index is 505. The Labute approximate surface area is 164 Å². The van der Waals surface area contributed by atoms with Crippen LogP contribution in [0.1, 0.15) is 32.4 Å². The first kappa shape index (κ1) is 24.1. The lowest BCUT2D eigenvalue weighted by molar-refractivity contribution is 0.0858. The van der Waals surface area contributed by atoms with E-state index in [9.17, 15) is 0 Å². The molecule has 5 nitrogen and oxygen atoms in total. The molecular formula is C18H32Cl2N2O3. The highest BCUT2D eigenvalue weighted by molar-refractivity contribution is 5.85. The first-order valence-electron chi connectivity index (χ1n) is 8.17. The third-order valence-corrected chi connectivity index (χ3v) is 4.34. The largest absolute Gasteiger partial charge is 0.493 e. The fourth-order valence-electron chi connectivity index (χ4n) is 3.46. The number of nitrogens with one attached hydrogen (secondary N) is 1. The molecule has 146 valence electrons. The van der Waals surface area contributed by atoms with E-state index >= 15 is 0 Å². The molecule has 1 saturated heterocycles. The molecule has 0 aromatic heterocycles. The van der Waals surface area contributed by atoms with Crippen molar-refractivity contribution in [1.82, 2.24) is 10.2 Å². The van der Waals surface area contributed by atoms with Crippen LogP contribution >= 0.6 is 24.8 Å². The van der Waals surface area contributed by atoms with Gasteiger partial charge in [0.05, 0.1) is 21.3 Å². The summed E-state index contributed by atoms with van der Waals surface area (Å²) in [5, 5.41) is 3.42. The Morgan fingerprint density at radius 2 is 1.40 bits per heavy atom. The molecule has 1 aromatic carbocycles. The lowest BCUT2D eigenvalue weighted by Gasteiger charge is -2.42. The second-order valence-corrected chi connectivity index (χ2v) is 7.01. The molecular weight excluding hydrogens is 363 g/mol. The number of hydrogen-bond donors (Lipinski definition) is 1. The van der Waals surface area contributed by atoms with Crippen LogP contribution in [0.2, 0.25) is 0 Å². The van der Waals surface area contributed by atoms with Crippen molar-refractivity contribution in [2.24, 2.45) is 5.41 Å². The zero-order valence-corrected chi connectivity index (χ0v) is 17.7. The second-order valence-electron chi connectivity index (χ2n) is 7.01. The summed E-state index contributed by atoms with van der Waals surface area (Å²) < 4.78 is 16.5. The van der Waals surface area contributed by atoms with E-state index in [0.717, 1.165) is 26.2 Å². The van der Waals surface area contributed by atoms with Gasteiger partial charge >= 0.3 is 0 Å². The molecule has 0 spiro atoms. The lowest BCUT2D eigenvalue weighted by atomic mass is 9.80. The maximum Gasteiger partial charge on any atom is 0.203 e. The third kappa shape index (κ3) is 5.55. The Morgan fingerprint density at radius 3 is 1.76 bits per heavy atom. The van der Waals surface area contributed by atoms with Gasteiger partial charge in [0.25, 0.3) is 0 Å². The van der Waals surface area contributed by atoms with Crippen LogP contribution < -0.4 is 19.5 Å². The van der Waals surface area contributed by atoms with Gasteiger partial charge in [0.2, 0.25) is 5.75 Å². The Morgan fingerprint density at radius 1 is 0.920 bits per heavy atom. The number of nitrogens with zero attached hydrogens (tertiary/aromatic N) is 1. The van der Waals surface area contributed by atoms with Crippen LogP contribution in [0.5, 0.6) is 17.2 Å². The van der Waals surface area contributed by atoms with E-state index < -0.39 is 0 Å². The van der Waals surface area contributed by atoms with Crippen molar-refractivity contribution >= 4 is 24.8 Å². The molecule has 0 aliphatic carbocycles. The molecule has 25 heavy (non-hydrogen) atoms. The highest BCUT2D eigenvalue weighted by atomic mass is 35.5. The zero-order chi connectivity index (χ0) is 17.0. The van der Waals surface area contributed by atoms with Gasteiger partial charge in [-0.25, -0.2) is 0 Å². The molecule has 0 saturated carbocycles. The standard InChI is InChI=1S/C18H30N2O3.2ClH/c1-18(2,3)17(20-9-7-19-8-10-20)13-11-14(21-4)16(23-6)15(12-13)22-5;;/h11-12,17,19H,7-10H2,1-6H3;2*1H/t17-;;/m0../s1. The minimum Gasteiger partial charge on any atom is -0.493 e. The summed E-state index contributed by atoms with van der Waals surface area (Å²) in [7, 11) is 4.97. The smallest absolute Gasteiger partial charge is 0.203 e. The average Bonchev–Trinajstić information content (AvgIpc) is 2.53. The van der Waals surface area contributed by atoms with Gasteiger partial charge in [0.15, 0.2) is 11.5 Å². The van der Waals surface area contributed by atoms with Crippen molar-refractivity contribution in [3.05, 3.63) is 17.7 Å². The van der Waals surface area contributed by atoms with Gasteiger partial charge in [-0.15, -0.1) is 24.8 Å². The van der Waals surface area contributed by atoms with E-state index in [1.165, 1.54) is 5.56 Å². The van der Waals surface area contributed by atoms with Gasteiger partial charge in [-0.3, -0.25) is 4.90 Å². The van der Waals surface area contributed by atoms with Crippen LogP contribution in [0.4, 0.5) is 0 Å². The monoisotopic (exact) mass is 394 g/mol. The number of rotatable bonds is 5. The molecule has 1 aliphatic rings. The third-order valence-electron chi connectivity index (χ3n) is 4.34. The molecule has 1 aromatic rings. The van der Waals surface area contributed by atoms with Crippen molar-refractivity contribution in [3.8, 4) is 17.2 Å². The number of ether oxygens (including phenoxy) is 3. The quantitative estimate of drug-likeness (QED) is 0.826. The van der Waals surface area contributed by atoms with E-state index in [1.807, 2.05) is 0 Å². The van der Waals surface area contributed by atoms with Gasteiger partial charge in [0.1, 0.15) is 0 Å². The van der Waals surface area contributed by atoms with E-state index in [2.05, 4.69) is 43.1 Å². The predicted octanol–water partition coefficient (Wildman–Crippen LogP) is 3.55. The summed E-state index contributed by atoms with van der Waals surface area (Å²) in [6, 6.07) is 4.46. The molecule has 1 N–H and O–H groups in total. The summed E-state index contributed by atoms with van der Waals surface area (Å²) in [6.07, 6.45) is 0. The molecule has 1 aliphatic heterocycles. The van der Waals surface area contributed by atoms with Gasteiger partial charge < -0.3 is 19.5 Å². The summed E-state index contributed by atoms with van der Waals surface area (Å²) in [4.78, 5) is 2.54. The topological polar surface area (TPSA) is 43.0 Å². The van der Waals surface area contributed by atoms with Crippen molar-refractivity contribution in [3.63, 3.8) is 0 Å². The Hall–Kier alpha value is -0.880. The van der Waals surface area contributed by atoms with Crippen LogP contribution in [0.3, 0.4) is 0 Å². The average molecular weight is 395 g/mol. The van der Waals surface area contributed by atoms with Crippen LogP contribution in [0.25, 0.3) is 0 Å². The fraction of sp³-hybridized carbons (Fsp3) is 0.667. The Kier molecular flexibility index (Phi) is 9.95. The van der Waals surface area contributed by atoms with Gasteiger partial charge in [-0.2, -0.15) is 0 Å². The van der Waals surface area contributed by atoms with E-state index in [-0.39, 0.29) is 30.2 Å². The molecule has 1 heterocycles. The molecule has 1 atom stereocenters. The number of halogens is 2. The predicted molar refractivity (Wildman–Crippen MR) is 107 cm³/mol. The maximum absolute atomic E-state index is 5.53. The van der Waals surface area contributed by atoms with Crippen LogP contribution in [-0.2, 0) is 0 Å². The van der Waals surface area contributed by atoms with Crippen molar-refractivity contribution < 1.29 is 14.2 Å². The lowest BCUT2D eigenvalue weighted by Crippen LogP contribution is -2.48. The van der Waals surface area contributed by atoms with Crippen molar-refractivity contribution in [2.75, 3.05) is 47.5 Å². The van der Waals surface area contributed by atoms with Crippen LogP contribution in [-0.4, -0.2) is 52.4 Å². The fourth-order valence-corrected chi connectivity index (χ4v) is 3.46. The van der Waals surface area contributed by atoms with Gasteiger partial charge in [-0.05, 0) is 23.1 Å². The Balaban J connectivity index is 0.00000288. The number of methoxy groups -OCH3 is 3. The van der Waals surface area contributed by atoms with Crippen molar-refractivity contribution in [2.45, 2.75) is 26.8 Å². The first-order valence-corrected chi connectivity index (χ1v) is 8.17. The highest BCUT2D eigenvalue weighted by Gasteiger charge is 2.34. The van der Waals surface area contributed by atoms with Gasteiger partial charge in [0, 0.05) is 32.2 Å².